The highest BCUT2D eigenvalue weighted by atomic mass is 32.2. The van der Waals surface area contributed by atoms with Gasteiger partial charge in [0, 0.05) is 18.2 Å². The molecule has 1 aliphatic heterocycles. The van der Waals surface area contributed by atoms with Crippen molar-refractivity contribution in [3.63, 3.8) is 0 Å². The van der Waals surface area contributed by atoms with Crippen molar-refractivity contribution < 1.29 is 13.2 Å². The molecule has 0 aromatic heterocycles. The molecule has 1 N–H and O–H groups in total. The van der Waals surface area contributed by atoms with Crippen LogP contribution in [-0.2, 0) is 21.2 Å². The quantitative estimate of drug-likeness (QED) is 0.916. The van der Waals surface area contributed by atoms with Gasteiger partial charge in [0.05, 0.1) is 11.9 Å². The van der Waals surface area contributed by atoms with Gasteiger partial charge in [-0.05, 0) is 48.1 Å². The molecule has 5 nitrogen and oxygen atoms in total. The lowest BCUT2D eigenvalue weighted by molar-refractivity contribution is -0.117. The maximum atomic E-state index is 12.5. The van der Waals surface area contributed by atoms with E-state index in [-0.39, 0.29) is 11.8 Å². The van der Waals surface area contributed by atoms with Crippen LogP contribution < -0.4 is 9.62 Å². The van der Waals surface area contributed by atoms with Gasteiger partial charge in [0.1, 0.15) is 0 Å². The zero-order chi connectivity index (χ0) is 17.6. The van der Waals surface area contributed by atoms with E-state index in [1.807, 2.05) is 24.3 Å². The lowest BCUT2D eigenvalue weighted by Gasteiger charge is -2.16. The van der Waals surface area contributed by atoms with Gasteiger partial charge < -0.3 is 5.32 Å². The van der Waals surface area contributed by atoms with Crippen LogP contribution in [-0.4, -0.2) is 27.1 Å². The molecule has 0 spiro atoms. The average molecular weight is 356 g/mol. The van der Waals surface area contributed by atoms with Gasteiger partial charge in [-0.1, -0.05) is 30.3 Å². The van der Waals surface area contributed by atoms with Crippen LogP contribution in [0, 0.1) is 5.92 Å². The standard InChI is InChI=1S/C19H20N2O3S/c1-25(23,24)21-10-9-14-11-15(7-8-18(14)21)20-19(22)17-12-16(17)13-5-3-2-4-6-13/h2-8,11,16-17H,9-10,12H2,1H3,(H,20,22). The first-order valence-electron chi connectivity index (χ1n) is 8.40. The van der Waals surface area contributed by atoms with Crippen molar-refractivity contribution in [1.29, 1.82) is 0 Å². The summed E-state index contributed by atoms with van der Waals surface area (Å²) in [4.78, 5) is 12.5. The van der Waals surface area contributed by atoms with Gasteiger partial charge in [-0.2, -0.15) is 0 Å². The molecule has 2 aromatic carbocycles. The van der Waals surface area contributed by atoms with Crippen molar-refractivity contribution in [2.75, 3.05) is 22.4 Å². The first-order chi connectivity index (χ1) is 11.9. The molecule has 6 heteroatoms. The van der Waals surface area contributed by atoms with Crippen molar-refractivity contribution >= 4 is 27.3 Å². The molecule has 130 valence electrons. The summed E-state index contributed by atoms with van der Waals surface area (Å²) < 4.78 is 25.0. The van der Waals surface area contributed by atoms with Gasteiger partial charge in [0.15, 0.2) is 0 Å². The third-order valence-corrected chi connectivity index (χ3v) is 6.14. The van der Waals surface area contributed by atoms with E-state index in [1.54, 1.807) is 12.1 Å². The predicted octanol–water partition coefficient (Wildman–Crippen LogP) is 2.75. The Kier molecular flexibility index (Phi) is 3.80. The number of amides is 1. The summed E-state index contributed by atoms with van der Waals surface area (Å²) in [7, 11) is -3.25. The molecular weight excluding hydrogens is 336 g/mol. The number of anilines is 2. The Bertz CT molecular complexity index is 925. The van der Waals surface area contributed by atoms with Crippen LogP contribution in [0.4, 0.5) is 11.4 Å². The predicted molar refractivity (Wildman–Crippen MR) is 98.3 cm³/mol. The first-order valence-corrected chi connectivity index (χ1v) is 10.2. The van der Waals surface area contributed by atoms with Gasteiger partial charge in [-0.15, -0.1) is 0 Å². The Morgan fingerprint density at radius 3 is 2.64 bits per heavy atom. The Morgan fingerprint density at radius 2 is 1.92 bits per heavy atom. The van der Waals surface area contributed by atoms with Gasteiger partial charge in [0.25, 0.3) is 0 Å². The molecule has 0 bridgehead atoms. The Hall–Kier alpha value is -2.34. The molecule has 0 radical (unpaired) electrons. The second-order valence-corrected chi connectivity index (χ2v) is 8.68. The Balaban J connectivity index is 1.45. The normalized spacial score (nSPS) is 21.7. The molecule has 4 rings (SSSR count). The lowest BCUT2D eigenvalue weighted by Crippen LogP contribution is -2.27. The molecular formula is C19H20N2O3S. The molecule has 1 saturated carbocycles. The van der Waals surface area contributed by atoms with Crippen molar-refractivity contribution in [2.24, 2.45) is 5.92 Å². The van der Waals surface area contributed by atoms with Crippen LogP contribution in [0.5, 0.6) is 0 Å². The second-order valence-electron chi connectivity index (χ2n) is 6.78. The highest BCUT2D eigenvalue weighted by Crippen LogP contribution is 2.48. The Labute approximate surface area is 147 Å². The van der Waals surface area contributed by atoms with E-state index in [1.165, 1.54) is 16.1 Å². The molecule has 0 saturated heterocycles. The number of fused-ring (bicyclic) bond motifs is 1. The van der Waals surface area contributed by atoms with Crippen molar-refractivity contribution in [3.8, 4) is 0 Å². The van der Waals surface area contributed by atoms with Gasteiger partial charge in [-0.3, -0.25) is 9.10 Å². The van der Waals surface area contributed by atoms with Gasteiger partial charge >= 0.3 is 0 Å². The van der Waals surface area contributed by atoms with E-state index in [9.17, 15) is 13.2 Å². The SMILES string of the molecule is CS(=O)(=O)N1CCc2cc(NC(=O)C3CC3c3ccccc3)ccc21. The minimum atomic E-state index is -3.25. The number of rotatable bonds is 4. The van der Waals surface area contributed by atoms with E-state index in [0.29, 0.717) is 24.6 Å². The molecule has 1 heterocycles. The topological polar surface area (TPSA) is 66.5 Å². The molecule has 2 aromatic rings. The highest BCUT2D eigenvalue weighted by molar-refractivity contribution is 7.92. The monoisotopic (exact) mass is 356 g/mol. The van der Waals surface area contributed by atoms with E-state index < -0.39 is 10.0 Å². The van der Waals surface area contributed by atoms with Crippen molar-refractivity contribution in [1.82, 2.24) is 0 Å². The summed E-state index contributed by atoms with van der Waals surface area (Å²) in [6, 6.07) is 15.5. The zero-order valence-electron chi connectivity index (χ0n) is 14.0. The van der Waals surface area contributed by atoms with E-state index in [4.69, 9.17) is 0 Å². The third kappa shape index (κ3) is 3.14. The summed E-state index contributed by atoms with van der Waals surface area (Å²) in [6.07, 6.45) is 2.76. The molecule has 2 aliphatic rings. The van der Waals surface area contributed by atoms with E-state index in [2.05, 4.69) is 17.4 Å². The molecule has 1 amide bonds. The van der Waals surface area contributed by atoms with Crippen LogP contribution in [0.15, 0.2) is 48.5 Å². The summed E-state index contributed by atoms with van der Waals surface area (Å²) in [5, 5.41) is 2.98. The van der Waals surface area contributed by atoms with Crippen LogP contribution in [0.25, 0.3) is 0 Å². The number of hydrogen-bond acceptors (Lipinski definition) is 3. The number of sulfonamides is 1. The first kappa shape index (κ1) is 16.1. The molecule has 25 heavy (non-hydrogen) atoms. The zero-order valence-corrected chi connectivity index (χ0v) is 14.8. The molecule has 1 aliphatic carbocycles. The average Bonchev–Trinajstić information content (AvgIpc) is 3.27. The fourth-order valence-electron chi connectivity index (χ4n) is 3.58. The number of hydrogen-bond donors (Lipinski definition) is 1. The maximum absolute atomic E-state index is 12.5. The maximum Gasteiger partial charge on any atom is 0.232 e. The number of benzene rings is 2. The van der Waals surface area contributed by atoms with Crippen LogP contribution >= 0.6 is 0 Å². The second kappa shape index (κ2) is 5.88. The molecule has 2 atom stereocenters. The largest absolute Gasteiger partial charge is 0.326 e. The van der Waals surface area contributed by atoms with Gasteiger partial charge in [-0.25, -0.2) is 8.42 Å². The van der Waals surface area contributed by atoms with Crippen LogP contribution in [0.2, 0.25) is 0 Å². The summed E-state index contributed by atoms with van der Waals surface area (Å²) in [5.41, 5.74) is 3.62. The van der Waals surface area contributed by atoms with E-state index >= 15 is 0 Å². The van der Waals surface area contributed by atoms with E-state index in [0.717, 1.165) is 17.7 Å². The number of nitrogens with one attached hydrogen (secondary N) is 1. The van der Waals surface area contributed by atoms with Crippen LogP contribution in [0.3, 0.4) is 0 Å². The Morgan fingerprint density at radius 1 is 1.16 bits per heavy atom. The van der Waals surface area contributed by atoms with Crippen molar-refractivity contribution in [3.05, 3.63) is 59.7 Å². The highest BCUT2D eigenvalue weighted by Gasteiger charge is 2.43. The number of carbonyl (C=O) groups excluding carboxylic acids is 1. The number of carbonyl (C=O) groups is 1. The minimum Gasteiger partial charge on any atom is -0.326 e. The molecule has 1 fully saturated rings. The van der Waals surface area contributed by atoms with Gasteiger partial charge in [0.2, 0.25) is 15.9 Å². The summed E-state index contributed by atoms with van der Waals surface area (Å²) in [5.74, 6) is 0.353. The summed E-state index contributed by atoms with van der Waals surface area (Å²) >= 11 is 0. The van der Waals surface area contributed by atoms with Crippen LogP contribution in [0.1, 0.15) is 23.5 Å². The number of nitrogens with zero attached hydrogens (tertiary/aromatic N) is 1. The minimum absolute atomic E-state index is 0.0168. The third-order valence-electron chi connectivity index (χ3n) is 4.96. The fraction of sp³-hybridized carbons (Fsp3) is 0.316. The summed E-state index contributed by atoms with van der Waals surface area (Å²) in [6.45, 7) is 0.463. The van der Waals surface area contributed by atoms with Crippen molar-refractivity contribution in [2.45, 2.75) is 18.8 Å². The lowest BCUT2D eigenvalue weighted by atomic mass is 10.1. The smallest absolute Gasteiger partial charge is 0.232 e. The fourth-order valence-corrected chi connectivity index (χ4v) is 4.54. The molecule has 2 unspecified atom stereocenters.